The van der Waals surface area contributed by atoms with Gasteiger partial charge in [-0.15, -0.1) is 24.8 Å². The molecule has 0 saturated heterocycles. The molecule has 22 heavy (non-hydrogen) atoms. The third-order valence-electron chi connectivity index (χ3n) is 3.25. The molecule has 0 saturated carbocycles. The molecule has 6 heteroatoms. The first-order valence-electron chi connectivity index (χ1n) is 6.67. The molecule has 1 aromatic heterocycles. The largest absolute Gasteiger partial charge is 0.497 e. The minimum atomic E-state index is 0. The van der Waals surface area contributed by atoms with Crippen LogP contribution in [0.3, 0.4) is 0 Å². The van der Waals surface area contributed by atoms with Crippen LogP contribution in [0, 0.1) is 0 Å². The second kappa shape index (κ2) is 8.51. The predicted octanol–water partition coefficient (Wildman–Crippen LogP) is 4.07. The molecular formula is C16H19Cl2N3O. The van der Waals surface area contributed by atoms with Gasteiger partial charge in [0.1, 0.15) is 5.75 Å². The van der Waals surface area contributed by atoms with Crippen LogP contribution in [0.5, 0.6) is 5.75 Å². The Morgan fingerprint density at radius 3 is 2.45 bits per heavy atom. The van der Waals surface area contributed by atoms with Gasteiger partial charge in [-0.1, -0.05) is 24.3 Å². The number of nitrogens with zero attached hydrogens (tertiary/aromatic N) is 1. The summed E-state index contributed by atoms with van der Waals surface area (Å²) < 4.78 is 5.15. The highest BCUT2D eigenvalue weighted by Crippen LogP contribution is 2.14. The number of hydrogen-bond donors (Lipinski definition) is 2. The number of nitrogens with one attached hydrogen (secondary N) is 2. The fraction of sp³-hybridized carbons (Fsp3) is 0.188. The van der Waals surface area contributed by atoms with Gasteiger partial charge < -0.3 is 15.0 Å². The Hall–Kier alpha value is -1.91. The van der Waals surface area contributed by atoms with Gasteiger partial charge in [0.2, 0.25) is 5.95 Å². The Labute approximate surface area is 142 Å². The molecule has 2 aromatic carbocycles. The third-order valence-corrected chi connectivity index (χ3v) is 3.25. The monoisotopic (exact) mass is 339 g/mol. The van der Waals surface area contributed by atoms with Crippen molar-refractivity contribution < 1.29 is 4.74 Å². The summed E-state index contributed by atoms with van der Waals surface area (Å²) in [5.41, 5.74) is 3.31. The zero-order valence-electron chi connectivity index (χ0n) is 12.2. The number of hydrogen-bond acceptors (Lipinski definition) is 3. The number of aromatic nitrogens is 2. The van der Waals surface area contributed by atoms with Crippen LogP contribution in [0.1, 0.15) is 5.56 Å². The lowest BCUT2D eigenvalue weighted by Gasteiger charge is -2.04. The van der Waals surface area contributed by atoms with Crippen LogP contribution in [-0.4, -0.2) is 23.6 Å². The number of rotatable bonds is 5. The first kappa shape index (κ1) is 18.1. The molecule has 118 valence electrons. The van der Waals surface area contributed by atoms with E-state index in [2.05, 4.69) is 27.4 Å². The van der Waals surface area contributed by atoms with Gasteiger partial charge in [0, 0.05) is 6.54 Å². The zero-order valence-corrected chi connectivity index (χ0v) is 13.8. The summed E-state index contributed by atoms with van der Waals surface area (Å²) in [6.07, 6.45) is 0.945. The SMILES string of the molecule is COc1ccc(CCNc2nc3ccccc3[nH]2)cc1.Cl.Cl. The van der Waals surface area contributed by atoms with Crippen molar-refractivity contribution >= 4 is 41.8 Å². The Balaban J connectivity index is 0.00000121. The summed E-state index contributed by atoms with van der Waals surface area (Å²) in [7, 11) is 1.68. The van der Waals surface area contributed by atoms with E-state index in [9.17, 15) is 0 Å². The number of para-hydroxylation sites is 2. The van der Waals surface area contributed by atoms with Crippen molar-refractivity contribution in [1.82, 2.24) is 9.97 Å². The molecule has 1 heterocycles. The highest BCUT2D eigenvalue weighted by molar-refractivity contribution is 5.85. The average molecular weight is 340 g/mol. The molecule has 3 rings (SSSR count). The first-order chi connectivity index (χ1) is 9.85. The van der Waals surface area contributed by atoms with Gasteiger partial charge in [-0.05, 0) is 36.2 Å². The average Bonchev–Trinajstić information content (AvgIpc) is 2.90. The molecule has 2 N–H and O–H groups in total. The van der Waals surface area contributed by atoms with Gasteiger partial charge in [0.05, 0.1) is 18.1 Å². The molecule has 0 radical (unpaired) electrons. The topological polar surface area (TPSA) is 49.9 Å². The van der Waals surface area contributed by atoms with Crippen molar-refractivity contribution in [1.29, 1.82) is 0 Å². The molecule has 0 atom stereocenters. The second-order valence-electron chi connectivity index (χ2n) is 4.63. The van der Waals surface area contributed by atoms with E-state index >= 15 is 0 Å². The van der Waals surface area contributed by atoms with E-state index in [0.717, 1.165) is 35.7 Å². The minimum Gasteiger partial charge on any atom is -0.497 e. The van der Waals surface area contributed by atoms with Crippen LogP contribution in [0.15, 0.2) is 48.5 Å². The lowest BCUT2D eigenvalue weighted by Crippen LogP contribution is -2.05. The first-order valence-corrected chi connectivity index (χ1v) is 6.67. The Morgan fingerprint density at radius 2 is 1.77 bits per heavy atom. The maximum atomic E-state index is 5.15. The van der Waals surface area contributed by atoms with Gasteiger partial charge in [0.25, 0.3) is 0 Å². The normalized spacial score (nSPS) is 9.68. The van der Waals surface area contributed by atoms with E-state index in [1.807, 2.05) is 36.4 Å². The van der Waals surface area contributed by atoms with Crippen molar-refractivity contribution in [2.75, 3.05) is 19.0 Å². The lowest BCUT2D eigenvalue weighted by atomic mass is 10.1. The van der Waals surface area contributed by atoms with Crippen molar-refractivity contribution in [3.63, 3.8) is 0 Å². The van der Waals surface area contributed by atoms with E-state index in [1.54, 1.807) is 7.11 Å². The zero-order chi connectivity index (χ0) is 13.8. The number of H-pyrrole nitrogens is 1. The molecule has 0 amide bonds. The molecule has 3 aromatic rings. The smallest absolute Gasteiger partial charge is 0.201 e. The number of ether oxygens (including phenoxy) is 1. The van der Waals surface area contributed by atoms with Crippen LogP contribution in [0.4, 0.5) is 5.95 Å². The number of benzene rings is 2. The maximum absolute atomic E-state index is 5.15. The highest BCUT2D eigenvalue weighted by atomic mass is 35.5. The van der Waals surface area contributed by atoms with Crippen molar-refractivity contribution in [2.24, 2.45) is 0 Å². The fourth-order valence-corrected chi connectivity index (χ4v) is 2.15. The number of fused-ring (bicyclic) bond motifs is 1. The van der Waals surface area contributed by atoms with Gasteiger partial charge >= 0.3 is 0 Å². The molecule has 4 nitrogen and oxygen atoms in total. The van der Waals surface area contributed by atoms with E-state index in [4.69, 9.17) is 4.74 Å². The van der Waals surface area contributed by atoms with Gasteiger partial charge in [-0.25, -0.2) is 4.98 Å². The third kappa shape index (κ3) is 4.29. The quantitative estimate of drug-likeness (QED) is 0.736. The number of aromatic amines is 1. The molecule has 0 aliphatic heterocycles. The number of halogens is 2. The van der Waals surface area contributed by atoms with Crippen molar-refractivity contribution in [2.45, 2.75) is 6.42 Å². The summed E-state index contributed by atoms with van der Waals surface area (Å²) >= 11 is 0. The van der Waals surface area contributed by atoms with E-state index in [1.165, 1.54) is 5.56 Å². The fourth-order valence-electron chi connectivity index (χ4n) is 2.15. The highest BCUT2D eigenvalue weighted by Gasteiger charge is 2.01. The number of methoxy groups -OCH3 is 1. The summed E-state index contributed by atoms with van der Waals surface area (Å²) in [5.74, 6) is 1.71. The maximum Gasteiger partial charge on any atom is 0.201 e. The van der Waals surface area contributed by atoms with Crippen LogP contribution in [0.2, 0.25) is 0 Å². The van der Waals surface area contributed by atoms with Crippen LogP contribution >= 0.6 is 24.8 Å². The van der Waals surface area contributed by atoms with Crippen LogP contribution in [-0.2, 0) is 6.42 Å². The summed E-state index contributed by atoms with van der Waals surface area (Å²) in [5, 5.41) is 3.31. The Kier molecular flexibility index (Phi) is 7.02. The lowest BCUT2D eigenvalue weighted by molar-refractivity contribution is 0.414. The van der Waals surface area contributed by atoms with Gasteiger partial charge in [-0.2, -0.15) is 0 Å². The minimum absolute atomic E-state index is 0. The Bertz CT molecular complexity index is 665. The number of imidazole rings is 1. The van der Waals surface area contributed by atoms with Crippen molar-refractivity contribution in [3.8, 4) is 5.75 Å². The van der Waals surface area contributed by atoms with Crippen molar-refractivity contribution in [3.05, 3.63) is 54.1 Å². The molecule has 0 aliphatic rings. The summed E-state index contributed by atoms with van der Waals surface area (Å²) in [6, 6.07) is 16.1. The molecule has 0 fully saturated rings. The van der Waals surface area contributed by atoms with Crippen LogP contribution < -0.4 is 10.1 Å². The molecule has 0 bridgehead atoms. The van der Waals surface area contributed by atoms with E-state index in [0.29, 0.717) is 0 Å². The van der Waals surface area contributed by atoms with Gasteiger partial charge in [0.15, 0.2) is 0 Å². The number of anilines is 1. The second-order valence-corrected chi connectivity index (χ2v) is 4.63. The summed E-state index contributed by atoms with van der Waals surface area (Å²) in [6.45, 7) is 0.839. The predicted molar refractivity (Wildman–Crippen MR) is 95.8 cm³/mol. The van der Waals surface area contributed by atoms with Gasteiger partial charge in [-0.3, -0.25) is 0 Å². The van der Waals surface area contributed by atoms with E-state index in [-0.39, 0.29) is 24.8 Å². The molecule has 0 aliphatic carbocycles. The summed E-state index contributed by atoms with van der Waals surface area (Å²) in [4.78, 5) is 7.74. The Morgan fingerprint density at radius 1 is 1.05 bits per heavy atom. The standard InChI is InChI=1S/C16H17N3O.2ClH/c1-20-13-8-6-12(7-9-13)10-11-17-16-18-14-4-2-3-5-15(14)19-16;;/h2-9H,10-11H2,1H3,(H2,17,18,19);2*1H. The van der Waals surface area contributed by atoms with Crippen LogP contribution in [0.25, 0.3) is 11.0 Å². The molecule has 0 spiro atoms. The molecule has 0 unspecified atom stereocenters. The van der Waals surface area contributed by atoms with E-state index < -0.39 is 0 Å². The molecular weight excluding hydrogens is 321 g/mol.